The number of hydrogen-bond acceptors (Lipinski definition) is 4. The van der Waals surface area contributed by atoms with Crippen molar-refractivity contribution in [3.63, 3.8) is 0 Å². The van der Waals surface area contributed by atoms with Crippen molar-refractivity contribution < 1.29 is 32.5 Å². The molecule has 9 heteroatoms. The molecular weight excluding hydrogens is 994 g/mol. The molecule has 0 saturated carbocycles. The van der Waals surface area contributed by atoms with E-state index in [1.54, 1.807) is 22.8 Å². The van der Waals surface area contributed by atoms with Gasteiger partial charge in [0.25, 0.3) is 13.0 Å². The van der Waals surface area contributed by atoms with Crippen LogP contribution in [0.3, 0.4) is 0 Å². The third-order valence-electron chi connectivity index (χ3n) is 15.6. The molecule has 6 heterocycles. The van der Waals surface area contributed by atoms with Crippen LogP contribution in [-0.2, 0) is 5.41 Å². The van der Waals surface area contributed by atoms with E-state index in [0.717, 1.165) is 66.2 Å². The second-order valence-corrected chi connectivity index (χ2v) is 21.3. The van der Waals surface area contributed by atoms with Gasteiger partial charge in [-0.3, -0.25) is 18.3 Å². The predicted octanol–water partition coefficient (Wildman–Crippen LogP) is 15.3. The summed E-state index contributed by atoms with van der Waals surface area (Å²) in [6.07, 6.45) is 5.45. The maximum absolute atomic E-state index is 9.41. The van der Waals surface area contributed by atoms with E-state index in [-0.39, 0.29) is 40.1 Å². The van der Waals surface area contributed by atoms with E-state index in [9.17, 15) is 5.48 Å². The standard InChI is InChI=1S/C72H50BN5O3/c1-72(2,3)48-39-40-74-67(41-48)78-59-30-13-10-25-55(59)56-37-36-52(44-62(56)78)79-51-24-16-23-49(42-51)75-45-76(70-53(46-19-6-4-7-20-46)27-17-28-54(70)47-21-8-5-9-22-47)63-43-50(35-38-61(63)75)77-60-31-14-11-26-57(60)68-71(77)81-66-34-18-33-65-69(66)73(68)58-29-12-15-32-64(58)80-65/h4-44H,1-3H3/i4D,5D,6D,7D,8D,9D,19D,20D,21D,22D. The van der Waals surface area contributed by atoms with Gasteiger partial charge >= 0.3 is 0 Å². The Morgan fingerprint density at radius 3 is 1.96 bits per heavy atom. The molecule has 384 valence electrons. The molecule has 0 spiro atoms. The lowest BCUT2D eigenvalue weighted by atomic mass is 9.35. The van der Waals surface area contributed by atoms with Crippen LogP contribution in [0.25, 0.3) is 88.9 Å². The Kier molecular flexibility index (Phi) is 8.36. The molecule has 0 aliphatic carbocycles. The minimum absolute atomic E-state index is 0.106. The number of benzene rings is 10. The van der Waals surface area contributed by atoms with Gasteiger partial charge in [0.1, 0.15) is 34.6 Å². The molecule has 0 N–H and O–H groups in total. The van der Waals surface area contributed by atoms with Gasteiger partial charge in [-0.25, -0.2) is 4.98 Å². The fourth-order valence-electron chi connectivity index (χ4n) is 12.0. The van der Waals surface area contributed by atoms with Crippen LogP contribution in [0.2, 0.25) is 0 Å². The van der Waals surface area contributed by atoms with Crippen molar-refractivity contribution in [1.29, 1.82) is 0 Å². The predicted molar refractivity (Wildman–Crippen MR) is 326 cm³/mol. The molecule has 14 aromatic rings. The van der Waals surface area contributed by atoms with Gasteiger partial charge in [-0.05, 0) is 129 Å². The van der Waals surface area contributed by atoms with Gasteiger partial charge < -0.3 is 14.2 Å². The number of rotatable bonds is 8. The normalized spacial score (nSPS) is 14.3. The minimum atomic E-state index is -0.595. The summed E-state index contributed by atoms with van der Waals surface area (Å²) in [7, 11) is 0. The molecule has 0 radical (unpaired) electrons. The molecule has 0 saturated heterocycles. The minimum Gasteiger partial charge on any atom is -0.458 e. The Morgan fingerprint density at radius 2 is 1.19 bits per heavy atom. The number of para-hydroxylation sites is 4. The maximum Gasteiger partial charge on any atom is 0.269 e. The van der Waals surface area contributed by atoms with Gasteiger partial charge in [-0.2, -0.15) is 0 Å². The van der Waals surface area contributed by atoms with Gasteiger partial charge in [0, 0.05) is 39.6 Å². The molecule has 0 amide bonds. The highest BCUT2D eigenvalue weighted by Crippen LogP contribution is 2.42. The van der Waals surface area contributed by atoms with Crippen LogP contribution in [0, 0.1) is 6.33 Å². The van der Waals surface area contributed by atoms with Crippen molar-refractivity contribution in [1.82, 2.24) is 18.7 Å². The van der Waals surface area contributed by atoms with Crippen molar-refractivity contribution >= 4 is 66.8 Å². The second kappa shape index (κ2) is 18.1. The van der Waals surface area contributed by atoms with E-state index >= 15 is 0 Å². The van der Waals surface area contributed by atoms with Gasteiger partial charge in [0.2, 0.25) is 5.88 Å². The van der Waals surface area contributed by atoms with Gasteiger partial charge in [0.15, 0.2) is 0 Å². The highest BCUT2D eigenvalue weighted by molar-refractivity contribution is 6.99. The molecular formula is C72H50BN5O3. The van der Waals surface area contributed by atoms with Crippen molar-refractivity contribution in [2.45, 2.75) is 26.2 Å². The average Bonchev–Trinajstić information content (AvgIpc) is 1.63. The number of imidazole rings is 1. The van der Waals surface area contributed by atoms with E-state index in [1.165, 1.54) is 0 Å². The lowest BCUT2D eigenvalue weighted by molar-refractivity contribution is -0.571. The maximum atomic E-state index is 9.41. The molecule has 2 aliphatic heterocycles. The lowest BCUT2D eigenvalue weighted by Crippen LogP contribution is -2.57. The summed E-state index contributed by atoms with van der Waals surface area (Å²) in [5.74, 6) is 4.45. The Labute approximate surface area is 482 Å². The number of ether oxygens (including phenoxy) is 3. The van der Waals surface area contributed by atoms with E-state index in [2.05, 4.69) is 72.6 Å². The Balaban J connectivity index is 0.940. The van der Waals surface area contributed by atoms with Gasteiger partial charge in [-0.1, -0.05) is 172 Å². The van der Waals surface area contributed by atoms with Crippen molar-refractivity contribution in [3.05, 3.63) is 261 Å². The summed E-state index contributed by atoms with van der Waals surface area (Å²) >= 11 is 0. The fourth-order valence-corrected chi connectivity index (χ4v) is 12.0. The SMILES string of the molecule is [2H]c1c([2H])c([2H])c(-c2cccc(-c3c([2H])c([2H])c([2H])c([2H])c3[2H])c2-[n+]2[c-]n(-c3cccc(Oc4ccc5c6ccccc6n(-c6cc(C(C)(C)C)ccn6)c5c4)c3)c3ccc(-n4c5c(c6ccccc64)B4c6ccccc6Oc6cccc(c64)O5)cc32)c([2H])c1[2H]. The number of pyridine rings is 1. The van der Waals surface area contributed by atoms with Gasteiger partial charge in [0.05, 0.1) is 52.7 Å². The van der Waals surface area contributed by atoms with Crippen LogP contribution in [0.15, 0.2) is 249 Å². The number of hydrogen-bond donors (Lipinski definition) is 0. The molecule has 10 aromatic carbocycles. The zero-order valence-corrected chi connectivity index (χ0v) is 43.9. The highest BCUT2D eigenvalue weighted by Gasteiger charge is 2.43. The molecule has 2 aliphatic rings. The summed E-state index contributed by atoms with van der Waals surface area (Å²) < 4.78 is 119. The van der Waals surface area contributed by atoms with Gasteiger partial charge in [-0.15, -0.1) is 0 Å². The summed E-state index contributed by atoms with van der Waals surface area (Å²) in [5, 5.41) is 3.03. The first-order chi connectivity index (χ1) is 43.9. The van der Waals surface area contributed by atoms with Crippen molar-refractivity contribution in [3.8, 4) is 79.8 Å². The zero-order valence-electron chi connectivity index (χ0n) is 53.9. The Hall–Kier alpha value is -10.4. The van der Waals surface area contributed by atoms with Crippen LogP contribution in [0.4, 0.5) is 0 Å². The van der Waals surface area contributed by atoms with Crippen LogP contribution >= 0.6 is 0 Å². The lowest BCUT2D eigenvalue weighted by Gasteiger charge is -2.32. The van der Waals surface area contributed by atoms with E-state index in [4.69, 9.17) is 27.4 Å². The molecule has 0 fully saturated rings. The molecule has 81 heavy (non-hydrogen) atoms. The number of fused-ring (bicyclic) bond motifs is 10. The van der Waals surface area contributed by atoms with Crippen LogP contribution in [0.1, 0.15) is 40.0 Å². The summed E-state index contributed by atoms with van der Waals surface area (Å²) in [6, 6.07) is 53.0. The second-order valence-electron chi connectivity index (χ2n) is 21.3. The Morgan fingerprint density at radius 1 is 0.531 bits per heavy atom. The summed E-state index contributed by atoms with van der Waals surface area (Å²) in [5.41, 5.74) is 8.80. The van der Waals surface area contributed by atoms with E-state index in [0.29, 0.717) is 51.3 Å². The number of nitrogens with zero attached hydrogens (tertiary/aromatic N) is 5. The largest absolute Gasteiger partial charge is 0.458 e. The van der Waals surface area contributed by atoms with E-state index < -0.39 is 60.4 Å². The molecule has 4 aromatic heterocycles. The van der Waals surface area contributed by atoms with E-state index in [1.807, 2.05) is 138 Å². The van der Waals surface area contributed by atoms with Crippen molar-refractivity contribution in [2.24, 2.45) is 0 Å². The summed E-state index contributed by atoms with van der Waals surface area (Å²) in [4.78, 5) is 4.88. The first kappa shape index (κ1) is 37.4. The van der Waals surface area contributed by atoms with Crippen molar-refractivity contribution in [2.75, 3.05) is 0 Å². The molecule has 0 atom stereocenters. The highest BCUT2D eigenvalue weighted by atomic mass is 16.5. The fraction of sp³-hybridized carbons (Fsp3) is 0.0556. The zero-order chi connectivity index (χ0) is 62.6. The van der Waals surface area contributed by atoms with Crippen LogP contribution in [-0.4, -0.2) is 25.4 Å². The molecule has 8 nitrogen and oxygen atoms in total. The monoisotopic (exact) mass is 1050 g/mol. The average molecular weight is 1050 g/mol. The first-order valence-corrected chi connectivity index (χ1v) is 26.7. The van der Waals surface area contributed by atoms with Crippen LogP contribution in [0.5, 0.6) is 34.6 Å². The third kappa shape index (κ3) is 7.46. The molecule has 0 bridgehead atoms. The summed E-state index contributed by atoms with van der Waals surface area (Å²) in [6.45, 7) is 6.27. The quantitative estimate of drug-likeness (QED) is 0.0864. The third-order valence-corrected chi connectivity index (χ3v) is 15.6. The Bertz CT molecular complexity index is 5350. The molecule has 0 unspecified atom stereocenters. The van der Waals surface area contributed by atoms with Crippen LogP contribution < -0.4 is 35.2 Å². The topological polar surface area (TPSA) is 59.2 Å². The molecule has 16 rings (SSSR count). The number of aromatic nitrogens is 5. The first-order valence-electron chi connectivity index (χ1n) is 31.7. The smallest absolute Gasteiger partial charge is 0.269 e.